The summed E-state index contributed by atoms with van der Waals surface area (Å²) in [7, 11) is 0. The minimum atomic E-state index is -0.227. The number of anilines is 1. The first-order valence-electron chi connectivity index (χ1n) is 6.51. The molecule has 0 unspecified atom stereocenters. The minimum absolute atomic E-state index is 0.0230. The van der Waals surface area contributed by atoms with E-state index in [1.807, 2.05) is 6.07 Å². The lowest BCUT2D eigenvalue weighted by atomic mass is 10.1. The van der Waals surface area contributed by atoms with Gasteiger partial charge in [-0.2, -0.15) is 5.26 Å². The van der Waals surface area contributed by atoms with Gasteiger partial charge in [-0.25, -0.2) is 0 Å². The quantitative estimate of drug-likeness (QED) is 0.889. The highest BCUT2D eigenvalue weighted by Gasteiger charge is 2.15. The van der Waals surface area contributed by atoms with E-state index in [2.05, 4.69) is 10.6 Å². The van der Waals surface area contributed by atoms with Crippen LogP contribution in [-0.2, 0) is 9.53 Å². The van der Waals surface area contributed by atoms with Crippen molar-refractivity contribution in [2.45, 2.75) is 18.9 Å². The van der Waals surface area contributed by atoms with Crippen LogP contribution in [0, 0.1) is 11.3 Å². The van der Waals surface area contributed by atoms with Gasteiger partial charge in [-0.05, 0) is 44.1 Å². The fourth-order valence-corrected chi connectivity index (χ4v) is 2.20. The first-order valence-corrected chi connectivity index (χ1v) is 6.88. The summed E-state index contributed by atoms with van der Waals surface area (Å²) in [5.74, 6) is -0.227. The lowest BCUT2D eigenvalue weighted by molar-refractivity contribution is -0.123. The SMILES string of the molecule is N#Cc1cc(NC(=O)COC2CCNCC2)ccc1Cl. The predicted octanol–water partition coefficient (Wildman–Crippen LogP) is 1.92. The fourth-order valence-electron chi connectivity index (χ4n) is 2.04. The first kappa shape index (κ1) is 14.8. The Hall–Kier alpha value is -1.61. The predicted molar refractivity (Wildman–Crippen MR) is 76.6 cm³/mol. The highest BCUT2D eigenvalue weighted by Crippen LogP contribution is 2.19. The smallest absolute Gasteiger partial charge is 0.250 e. The van der Waals surface area contributed by atoms with Gasteiger partial charge in [0.25, 0.3) is 0 Å². The molecule has 6 heteroatoms. The van der Waals surface area contributed by atoms with Crippen LogP contribution in [0.5, 0.6) is 0 Å². The van der Waals surface area contributed by atoms with E-state index in [1.165, 1.54) is 0 Å². The highest BCUT2D eigenvalue weighted by molar-refractivity contribution is 6.31. The molecule has 0 atom stereocenters. The molecule has 0 aromatic heterocycles. The Morgan fingerprint density at radius 3 is 2.95 bits per heavy atom. The molecule has 1 aliphatic rings. The molecule has 0 saturated carbocycles. The summed E-state index contributed by atoms with van der Waals surface area (Å²) in [6.07, 6.45) is 1.99. The summed E-state index contributed by atoms with van der Waals surface area (Å²) >= 11 is 5.83. The second kappa shape index (κ2) is 7.25. The Labute approximate surface area is 122 Å². The van der Waals surface area contributed by atoms with Crippen molar-refractivity contribution in [2.24, 2.45) is 0 Å². The molecule has 1 aromatic carbocycles. The lowest BCUT2D eigenvalue weighted by Gasteiger charge is -2.22. The van der Waals surface area contributed by atoms with Gasteiger partial charge in [0, 0.05) is 5.69 Å². The second-order valence-corrected chi connectivity index (χ2v) is 5.02. The molecular formula is C14H16ClN3O2. The number of amides is 1. The Morgan fingerprint density at radius 1 is 1.50 bits per heavy atom. The summed E-state index contributed by atoms with van der Waals surface area (Å²) in [4.78, 5) is 11.8. The van der Waals surface area contributed by atoms with Crippen molar-refractivity contribution in [1.29, 1.82) is 5.26 Å². The third-order valence-corrected chi connectivity index (χ3v) is 3.44. The Kier molecular flexibility index (Phi) is 5.36. The molecule has 5 nitrogen and oxygen atoms in total. The zero-order chi connectivity index (χ0) is 14.4. The maximum Gasteiger partial charge on any atom is 0.250 e. The molecule has 106 valence electrons. The number of carbonyl (C=O) groups excluding carboxylic acids is 1. The van der Waals surface area contributed by atoms with Crippen molar-refractivity contribution in [1.82, 2.24) is 5.32 Å². The summed E-state index contributed by atoms with van der Waals surface area (Å²) in [6, 6.07) is 6.76. The molecular weight excluding hydrogens is 278 g/mol. The van der Waals surface area contributed by atoms with Gasteiger partial charge in [-0.1, -0.05) is 11.6 Å². The Bertz CT molecular complexity index is 522. The van der Waals surface area contributed by atoms with Crippen LogP contribution in [0.4, 0.5) is 5.69 Å². The number of rotatable bonds is 4. The van der Waals surface area contributed by atoms with E-state index in [1.54, 1.807) is 18.2 Å². The molecule has 0 bridgehead atoms. The molecule has 2 N–H and O–H groups in total. The molecule has 2 rings (SSSR count). The summed E-state index contributed by atoms with van der Waals surface area (Å²) in [5, 5.41) is 15.2. The van der Waals surface area contributed by atoms with Crippen molar-refractivity contribution in [3.8, 4) is 6.07 Å². The van der Waals surface area contributed by atoms with Crippen molar-refractivity contribution in [3.63, 3.8) is 0 Å². The second-order valence-electron chi connectivity index (χ2n) is 4.61. The van der Waals surface area contributed by atoms with E-state index < -0.39 is 0 Å². The zero-order valence-electron chi connectivity index (χ0n) is 11.0. The molecule has 1 aromatic rings. The Balaban J connectivity index is 1.83. The fraction of sp³-hybridized carbons (Fsp3) is 0.429. The van der Waals surface area contributed by atoms with E-state index in [0.29, 0.717) is 16.3 Å². The van der Waals surface area contributed by atoms with Crippen LogP contribution < -0.4 is 10.6 Å². The maximum atomic E-state index is 11.8. The van der Waals surface area contributed by atoms with Gasteiger partial charge in [-0.15, -0.1) is 0 Å². The van der Waals surface area contributed by atoms with Gasteiger partial charge >= 0.3 is 0 Å². The first-order chi connectivity index (χ1) is 9.69. The largest absolute Gasteiger partial charge is 0.368 e. The van der Waals surface area contributed by atoms with E-state index in [-0.39, 0.29) is 18.6 Å². The summed E-state index contributed by atoms with van der Waals surface area (Å²) in [6.45, 7) is 1.87. The van der Waals surface area contributed by atoms with Crippen LogP contribution in [0.25, 0.3) is 0 Å². The summed E-state index contributed by atoms with van der Waals surface area (Å²) < 4.78 is 5.55. The van der Waals surface area contributed by atoms with Gasteiger partial charge in [-0.3, -0.25) is 4.79 Å². The van der Waals surface area contributed by atoms with Crippen LogP contribution in [0.1, 0.15) is 18.4 Å². The number of hydrogen-bond donors (Lipinski definition) is 2. The molecule has 1 amide bonds. The van der Waals surface area contributed by atoms with E-state index >= 15 is 0 Å². The van der Waals surface area contributed by atoms with Crippen molar-refractivity contribution in [3.05, 3.63) is 28.8 Å². The van der Waals surface area contributed by atoms with Gasteiger partial charge in [0.1, 0.15) is 12.7 Å². The number of piperidine rings is 1. The van der Waals surface area contributed by atoms with Gasteiger partial charge in [0.2, 0.25) is 5.91 Å². The minimum Gasteiger partial charge on any atom is -0.368 e. The van der Waals surface area contributed by atoms with Gasteiger partial charge in [0.05, 0.1) is 16.7 Å². The number of nitrogens with zero attached hydrogens (tertiary/aromatic N) is 1. The third kappa shape index (κ3) is 4.20. The van der Waals surface area contributed by atoms with Crippen LogP contribution in [0.2, 0.25) is 5.02 Å². The van der Waals surface area contributed by atoms with E-state index in [0.717, 1.165) is 25.9 Å². The van der Waals surface area contributed by atoms with Crippen molar-refractivity contribution >= 4 is 23.2 Å². The number of nitrogens with one attached hydrogen (secondary N) is 2. The molecule has 20 heavy (non-hydrogen) atoms. The average Bonchev–Trinajstić information content (AvgIpc) is 2.48. The number of nitriles is 1. The monoisotopic (exact) mass is 293 g/mol. The molecule has 1 heterocycles. The number of halogens is 1. The highest BCUT2D eigenvalue weighted by atomic mass is 35.5. The van der Waals surface area contributed by atoms with Gasteiger partial charge in [0.15, 0.2) is 0 Å². The van der Waals surface area contributed by atoms with Crippen LogP contribution >= 0.6 is 11.6 Å². The number of carbonyl (C=O) groups is 1. The zero-order valence-corrected chi connectivity index (χ0v) is 11.7. The molecule has 0 aliphatic carbocycles. The average molecular weight is 294 g/mol. The maximum absolute atomic E-state index is 11.8. The lowest BCUT2D eigenvalue weighted by Crippen LogP contribution is -2.34. The molecule has 1 saturated heterocycles. The Morgan fingerprint density at radius 2 is 2.25 bits per heavy atom. The molecule has 1 fully saturated rings. The molecule has 0 spiro atoms. The van der Waals surface area contributed by atoms with E-state index in [4.69, 9.17) is 21.6 Å². The van der Waals surface area contributed by atoms with Crippen LogP contribution in [-0.4, -0.2) is 31.7 Å². The number of hydrogen-bond acceptors (Lipinski definition) is 4. The third-order valence-electron chi connectivity index (χ3n) is 3.11. The van der Waals surface area contributed by atoms with Gasteiger partial charge < -0.3 is 15.4 Å². The van der Waals surface area contributed by atoms with Crippen LogP contribution in [0.15, 0.2) is 18.2 Å². The number of benzene rings is 1. The molecule has 0 radical (unpaired) electrons. The van der Waals surface area contributed by atoms with Crippen LogP contribution in [0.3, 0.4) is 0 Å². The number of ether oxygens (including phenoxy) is 1. The molecule has 1 aliphatic heterocycles. The standard InChI is InChI=1S/C14H16ClN3O2/c15-13-2-1-11(7-10(13)8-16)18-14(19)9-20-12-3-5-17-6-4-12/h1-2,7,12,17H,3-6,9H2,(H,18,19). The normalized spacial score (nSPS) is 15.6. The topological polar surface area (TPSA) is 74.2 Å². The van der Waals surface area contributed by atoms with E-state index in [9.17, 15) is 4.79 Å². The van der Waals surface area contributed by atoms with Crippen molar-refractivity contribution < 1.29 is 9.53 Å². The summed E-state index contributed by atoms with van der Waals surface area (Å²) in [5.41, 5.74) is 0.883. The van der Waals surface area contributed by atoms with Crippen molar-refractivity contribution in [2.75, 3.05) is 25.0 Å².